The fourth-order valence-corrected chi connectivity index (χ4v) is 0.945. The topological polar surface area (TPSA) is 86.3 Å². The molecule has 0 unspecified atom stereocenters. The Morgan fingerprint density at radius 2 is 2.43 bits per heavy atom. The van der Waals surface area contributed by atoms with E-state index >= 15 is 0 Å². The van der Waals surface area contributed by atoms with Crippen molar-refractivity contribution in [3.63, 3.8) is 0 Å². The lowest BCUT2D eigenvalue weighted by atomic mass is 10.4. The molecule has 1 aromatic heterocycles. The van der Waals surface area contributed by atoms with Crippen molar-refractivity contribution in [3.8, 4) is 0 Å². The van der Waals surface area contributed by atoms with Gasteiger partial charge in [-0.2, -0.15) is 0 Å². The van der Waals surface area contributed by atoms with Gasteiger partial charge < -0.3 is 15.0 Å². The van der Waals surface area contributed by atoms with Crippen LogP contribution in [0.15, 0.2) is 17.2 Å². The Balaban J connectivity index is 2.65. The fraction of sp³-hybridized carbons (Fsp3) is 0.375. The molecule has 0 saturated carbocycles. The fourth-order valence-electron chi connectivity index (χ4n) is 0.945. The molecule has 0 saturated heterocycles. The minimum Gasteiger partial charge on any atom is -0.481 e. The third-order valence-electron chi connectivity index (χ3n) is 1.72. The predicted molar refractivity (Wildman–Crippen MR) is 50.4 cm³/mol. The summed E-state index contributed by atoms with van der Waals surface area (Å²) in [7, 11) is 1.69. The Hall–Kier alpha value is -1.85. The van der Waals surface area contributed by atoms with Crippen LogP contribution in [0.3, 0.4) is 0 Å². The van der Waals surface area contributed by atoms with Crippen LogP contribution >= 0.6 is 0 Å². The summed E-state index contributed by atoms with van der Waals surface area (Å²) in [5.41, 5.74) is -0.253. The lowest BCUT2D eigenvalue weighted by Gasteiger charge is -2.15. The number of H-pyrrole nitrogens is 1. The number of aromatic nitrogens is 2. The van der Waals surface area contributed by atoms with Crippen LogP contribution in [0.1, 0.15) is 6.42 Å². The highest BCUT2D eigenvalue weighted by Gasteiger charge is 2.04. The maximum Gasteiger partial charge on any atom is 0.305 e. The summed E-state index contributed by atoms with van der Waals surface area (Å²) < 4.78 is 0. The second kappa shape index (κ2) is 4.40. The first kappa shape index (κ1) is 10.2. The Kier molecular flexibility index (Phi) is 3.22. The Morgan fingerprint density at radius 3 is 3.00 bits per heavy atom. The van der Waals surface area contributed by atoms with Gasteiger partial charge in [0.25, 0.3) is 5.56 Å². The summed E-state index contributed by atoms with van der Waals surface area (Å²) >= 11 is 0. The quantitative estimate of drug-likeness (QED) is 0.690. The summed E-state index contributed by atoms with van der Waals surface area (Å²) in [6.45, 7) is 0.325. The molecule has 0 spiro atoms. The van der Waals surface area contributed by atoms with Crippen molar-refractivity contribution < 1.29 is 9.90 Å². The second-order valence-electron chi connectivity index (χ2n) is 2.83. The molecule has 1 rings (SSSR count). The van der Waals surface area contributed by atoms with E-state index in [1.54, 1.807) is 11.9 Å². The lowest BCUT2D eigenvalue weighted by Crippen LogP contribution is -2.23. The van der Waals surface area contributed by atoms with Crippen molar-refractivity contribution in [1.29, 1.82) is 0 Å². The van der Waals surface area contributed by atoms with Gasteiger partial charge in [-0.3, -0.25) is 9.59 Å². The van der Waals surface area contributed by atoms with Crippen molar-refractivity contribution >= 4 is 11.8 Å². The summed E-state index contributed by atoms with van der Waals surface area (Å²) in [4.78, 5) is 29.1. The van der Waals surface area contributed by atoms with Crippen molar-refractivity contribution in [1.82, 2.24) is 9.97 Å². The molecule has 0 fully saturated rings. The molecule has 1 heterocycles. The molecule has 0 amide bonds. The van der Waals surface area contributed by atoms with Gasteiger partial charge in [-0.25, -0.2) is 4.98 Å². The SMILES string of the molecule is CN(CCC(=O)O)c1cc(=O)[nH]cn1. The van der Waals surface area contributed by atoms with Gasteiger partial charge in [0, 0.05) is 19.7 Å². The minimum atomic E-state index is -0.873. The number of nitrogens with zero attached hydrogens (tertiary/aromatic N) is 2. The van der Waals surface area contributed by atoms with Gasteiger partial charge in [0.1, 0.15) is 5.82 Å². The number of carboxylic acid groups (broad SMARTS) is 1. The van der Waals surface area contributed by atoms with Gasteiger partial charge >= 0.3 is 5.97 Å². The van der Waals surface area contributed by atoms with E-state index in [-0.39, 0.29) is 12.0 Å². The molecule has 0 aliphatic heterocycles. The van der Waals surface area contributed by atoms with Gasteiger partial charge in [0.05, 0.1) is 12.7 Å². The first-order valence-corrected chi connectivity index (χ1v) is 4.07. The number of aliphatic carboxylic acids is 1. The molecule has 1 aromatic rings. The number of carbonyl (C=O) groups is 1. The average Bonchev–Trinajstić information content (AvgIpc) is 2.14. The van der Waals surface area contributed by atoms with E-state index in [2.05, 4.69) is 9.97 Å². The largest absolute Gasteiger partial charge is 0.481 e. The van der Waals surface area contributed by atoms with E-state index in [1.807, 2.05) is 0 Å². The Bertz CT molecular complexity index is 374. The smallest absolute Gasteiger partial charge is 0.305 e. The van der Waals surface area contributed by atoms with Crippen LogP contribution in [0.2, 0.25) is 0 Å². The minimum absolute atomic E-state index is 0.0188. The van der Waals surface area contributed by atoms with E-state index in [0.29, 0.717) is 12.4 Å². The number of aromatic amines is 1. The molecule has 76 valence electrons. The van der Waals surface area contributed by atoms with Crippen LogP contribution < -0.4 is 10.5 Å². The number of rotatable bonds is 4. The molecule has 6 heteroatoms. The zero-order chi connectivity index (χ0) is 10.6. The maximum absolute atomic E-state index is 10.9. The zero-order valence-electron chi connectivity index (χ0n) is 7.73. The van der Waals surface area contributed by atoms with E-state index in [0.717, 1.165) is 0 Å². The van der Waals surface area contributed by atoms with Crippen LogP contribution in [0.5, 0.6) is 0 Å². The van der Waals surface area contributed by atoms with Gasteiger partial charge in [-0.15, -0.1) is 0 Å². The van der Waals surface area contributed by atoms with E-state index < -0.39 is 5.97 Å². The molecule has 14 heavy (non-hydrogen) atoms. The van der Waals surface area contributed by atoms with Crippen LogP contribution in [0.25, 0.3) is 0 Å². The first-order valence-electron chi connectivity index (χ1n) is 4.07. The third-order valence-corrected chi connectivity index (χ3v) is 1.72. The standard InChI is InChI=1S/C8H11N3O3/c1-11(3-2-8(13)14)6-4-7(12)10-5-9-6/h4-5H,2-3H2,1H3,(H,13,14)(H,9,10,12). The zero-order valence-corrected chi connectivity index (χ0v) is 7.73. The number of hydrogen-bond donors (Lipinski definition) is 2. The molecule has 0 bridgehead atoms. The lowest BCUT2D eigenvalue weighted by molar-refractivity contribution is -0.136. The predicted octanol–water partition coefficient (Wildman–Crippen LogP) is -0.319. The van der Waals surface area contributed by atoms with Crippen molar-refractivity contribution in [2.24, 2.45) is 0 Å². The van der Waals surface area contributed by atoms with Crippen molar-refractivity contribution in [2.75, 3.05) is 18.5 Å². The number of anilines is 1. The summed E-state index contributed by atoms with van der Waals surface area (Å²) in [6, 6.07) is 1.32. The number of hydrogen-bond acceptors (Lipinski definition) is 4. The van der Waals surface area contributed by atoms with Gasteiger partial charge in [-0.1, -0.05) is 0 Å². The summed E-state index contributed by atoms with van der Waals surface area (Å²) in [6.07, 6.45) is 1.31. The van der Waals surface area contributed by atoms with Gasteiger partial charge in [0.2, 0.25) is 0 Å². The van der Waals surface area contributed by atoms with Crippen LogP contribution in [0.4, 0.5) is 5.82 Å². The number of carboxylic acids is 1. The molecular formula is C8H11N3O3. The van der Waals surface area contributed by atoms with E-state index in [9.17, 15) is 9.59 Å². The maximum atomic E-state index is 10.9. The Labute approximate surface area is 80.2 Å². The third kappa shape index (κ3) is 2.89. The normalized spacial score (nSPS) is 9.79. The molecule has 0 aliphatic rings. The van der Waals surface area contributed by atoms with Crippen molar-refractivity contribution in [3.05, 3.63) is 22.7 Å². The molecule has 6 nitrogen and oxygen atoms in total. The molecule has 0 aromatic carbocycles. The molecule has 0 radical (unpaired) electrons. The molecule has 0 aliphatic carbocycles. The highest BCUT2D eigenvalue weighted by molar-refractivity contribution is 5.67. The van der Waals surface area contributed by atoms with Crippen LogP contribution in [0, 0.1) is 0 Å². The van der Waals surface area contributed by atoms with Gasteiger partial charge in [-0.05, 0) is 0 Å². The van der Waals surface area contributed by atoms with Crippen LogP contribution in [-0.2, 0) is 4.79 Å². The summed E-state index contributed by atoms with van der Waals surface area (Å²) in [5, 5.41) is 8.45. The highest BCUT2D eigenvalue weighted by atomic mass is 16.4. The molecule has 0 atom stereocenters. The van der Waals surface area contributed by atoms with Gasteiger partial charge in [0.15, 0.2) is 0 Å². The van der Waals surface area contributed by atoms with Crippen molar-refractivity contribution in [2.45, 2.75) is 6.42 Å². The Morgan fingerprint density at radius 1 is 1.71 bits per heavy atom. The van der Waals surface area contributed by atoms with Crippen LogP contribution in [-0.4, -0.2) is 34.6 Å². The monoisotopic (exact) mass is 197 g/mol. The first-order chi connectivity index (χ1) is 6.59. The molecular weight excluding hydrogens is 186 g/mol. The molecule has 2 N–H and O–H groups in total. The average molecular weight is 197 g/mol. The van der Waals surface area contributed by atoms with E-state index in [1.165, 1.54) is 12.4 Å². The summed E-state index contributed by atoms with van der Waals surface area (Å²) in [5.74, 6) is -0.406. The van der Waals surface area contributed by atoms with E-state index in [4.69, 9.17) is 5.11 Å². The highest BCUT2D eigenvalue weighted by Crippen LogP contribution is 2.03. The number of nitrogens with one attached hydrogen (secondary N) is 1. The second-order valence-corrected chi connectivity index (χ2v) is 2.83.